The molecule has 23 heavy (non-hydrogen) atoms. The van der Waals surface area contributed by atoms with Crippen LogP contribution in [0.5, 0.6) is 0 Å². The van der Waals surface area contributed by atoms with Crippen LogP contribution in [-0.4, -0.2) is 44.9 Å². The second-order valence-corrected chi connectivity index (χ2v) is 6.11. The maximum absolute atomic E-state index is 11.9. The van der Waals surface area contributed by atoms with E-state index in [0.717, 1.165) is 11.3 Å². The molecular weight excluding hydrogens is 312 g/mol. The van der Waals surface area contributed by atoms with E-state index in [1.165, 1.54) is 11.8 Å². The number of nitrogens with zero attached hydrogens (tertiary/aromatic N) is 3. The summed E-state index contributed by atoms with van der Waals surface area (Å²) in [5, 5.41) is 2.80. The van der Waals surface area contributed by atoms with Gasteiger partial charge in [0.05, 0.1) is 18.1 Å². The lowest BCUT2D eigenvalue weighted by Gasteiger charge is -2.13. The molecule has 0 unspecified atom stereocenters. The molecule has 118 valence electrons. The third-order valence-corrected chi connectivity index (χ3v) is 4.31. The maximum Gasteiger partial charge on any atom is 0.281 e. The van der Waals surface area contributed by atoms with Crippen molar-refractivity contribution in [3.8, 4) is 11.4 Å². The van der Waals surface area contributed by atoms with Crippen LogP contribution in [0.25, 0.3) is 11.4 Å². The largest absolute Gasteiger partial charge is 0.332 e. The average molecular weight is 328 g/mol. The first kappa shape index (κ1) is 15.5. The predicted molar refractivity (Wildman–Crippen MR) is 90.1 cm³/mol. The smallest absolute Gasteiger partial charge is 0.281 e. The van der Waals surface area contributed by atoms with E-state index >= 15 is 0 Å². The molecule has 1 N–H and O–H groups in total. The highest BCUT2D eigenvalue weighted by Gasteiger charge is 2.21. The molecule has 0 saturated carbocycles. The summed E-state index contributed by atoms with van der Waals surface area (Å²) in [4.78, 5) is 33.6. The maximum atomic E-state index is 11.9. The first-order valence-corrected chi connectivity index (χ1v) is 8.30. The number of carbonyl (C=O) groups excluding carboxylic acids is 2. The molecule has 0 aliphatic carbocycles. The predicted octanol–water partition coefficient (Wildman–Crippen LogP) is 2.64. The Bertz CT molecular complexity index is 691. The monoisotopic (exact) mass is 328 g/mol. The summed E-state index contributed by atoms with van der Waals surface area (Å²) in [5.41, 5.74) is 1.48. The van der Waals surface area contributed by atoms with Crippen molar-refractivity contribution < 1.29 is 9.59 Å². The normalized spacial score (nSPS) is 14.1. The number of aromatic nitrogens is 2. The fraction of sp³-hybridized carbons (Fsp3) is 0.250. The summed E-state index contributed by atoms with van der Waals surface area (Å²) < 4.78 is 0. The second kappa shape index (κ2) is 7.23. The summed E-state index contributed by atoms with van der Waals surface area (Å²) in [5.74, 6) is 1.27. The van der Waals surface area contributed by atoms with Gasteiger partial charge in [-0.2, -0.15) is 0 Å². The van der Waals surface area contributed by atoms with Gasteiger partial charge >= 0.3 is 0 Å². The van der Waals surface area contributed by atoms with Crippen molar-refractivity contribution in [2.75, 3.05) is 24.2 Å². The topological polar surface area (TPSA) is 75.2 Å². The molecular formula is C16H16N4O2S. The summed E-state index contributed by atoms with van der Waals surface area (Å²) in [7, 11) is 0. The van der Waals surface area contributed by atoms with E-state index in [9.17, 15) is 9.59 Å². The number of rotatable bonds is 5. The third-order valence-electron chi connectivity index (χ3n) is 3.42. The summed E-state index contributed by atoms with van der Waals surface area (Å²) in [6.07, 6.45) is 3.45. The van der Waals surface area contributed by atoms with Gasteiger partial charge in [-0.3, -0.25) is 9.59 Å². The van der Waals surface area contributed by atoms with Gasteiger partial charge in [-0.25, -0.2) is 9.97 Å². The molecule has 6 nitrogen and oxygen atoms in total. The first-order chi connectivity index (χ1) is 11.2. The number of carbonyl (C=O) groups is 2. The van der Waals surface area contributed by atoms with Gasteiger partial charge in [-0.05, 0) is 0 Å². The number of hydrogen-bond acceptors (Lipinski definition) is 5. The van der Waals surface area contributed by atoms with Crippen molar-refractivity contribution in [2.45, 2.75) is 6.42 Å². The Morgan fingerprint density at radius 2 is 1.96 bits per heavy atom. The molecule has 0 spiro atoms. The van der Waals surface area contributed by atoms with Crippen molar-refractivity contribution in [1.29, 1.82) is 0 Å². The van der Waals surface area contributed by atoms with Gasteiger partial charge in [0.25, 0.3) is 5.24 Å². The van der Waals surface area contributed by atoms with Crippen LogP contribution in [0.3, 0.4) is 0 Å². The van der Waals surface area contributed by atoms with Gasteiger partial charge in [0.15, 0.2) is 5.82 Å². The summed E-state index contributed by atoms with van der Waals surface area (Å²) in [6, 6.07) is 9.64. The minimum atomic E-state index is -0.147. The fourth-order valence-electron chi connectivity index (χ4n) is 2.22. The van der Waals surface area contributed by atoms with E-state index in [1.807, 2.05) is 30.3 Å². The molecule has 1 fully saturated rings. The number of hydrogen-bond donors (Lipinski definition) is 1. The highest BCUT2D eigenvalue weighted by atomic mass is 32.2. The lowest BCUT2D eigenvalue weighted by Crippen LogP contribution is -2.27. The standard InChI is InChI=1S/C16H16N4O2S/c21-14(6-7-20-8-9-23-16(20)22)19-13-10-17-15(18-11-13)12-4-2-1-3-5-12/h1-5,10-11H,6-9H2,(H,19,21). The molecule has 0 atom stereocenters. The Balaban J connectivity index is 1.53. The van der Waals surface area contributed by atoms with Crippen molar-refractivity contribution in [1.82, 2.24) is 14.9 Å². The highest BCUT2D eigenvalue weighted by Crippen LogP contribution is 2.18. The minimum absolute atomic E-state index is 0.0494. The van der Waals surface area contributed by atoms with Crippen LogP contribution in [-0.2, 0) is 4.79 Å². The van der Waals surface area contributed by atoms with Gasteiger partial charge in [-0.15, -0.1) is 0 Å². The number of thioether (sulfide) groups is 1. The Morgan fingerprint density at radius 3 is 2.61 bits per heavy atom. The molecule has 2 amide bonds. The van der Waals surface area contributed by atoms with E-state index in [2.05, 4.69) is 15.3 Å². The minimum Gasteiger partial charge on any atom is -0.332 e. The van der Waals surface area contributed by atoms with Crippen LogP contribution >= 0.6 is 11.8 Å². The molecule has 3 rings (SSSR count). The quantitative estimate of drug-likeness (QED) is 0.913. The fourth-order valence-corrected chi connectivity index (χ4v) is 3.07. The van der Waals surface area contributed by atoms with Crippen LogP contribution in [0, 0.1) is 0 Å². The first-order valence-electron chi connectivity index (χ1n) is 7.31. The van der Waals surface area contributed by atoms with Gasteiger partial charge in [0.1, 0.15) is 0 Å². The van der Waals surface area contributed by atoms with E-state index in [4.69, 9.17) is 0 Å². The molecule has 1 aromatic carbocycles. The third kappa shape index (κ3) is 4.07. The zero-order valence-electron chi connectivity index (χ0n) is 12.4. The van der Waals surface area contributed by atoms with Crippen LogP contribution in [0.1, 0.15) is 6.42 Å². The molecule has 1 aliphatic heterocycles. The molecule has 2 heterocycles. The van der Waals surface area contributed by atoms with Crippen molar-refractivity contribution >= 4 is 28.6 Å². The van der Waals surface area contributed by atoms with Crippen LogP contribution in [0.2, 0.25) is 0 Å². The second-order valence-electron chi connectivity index (χ2n) is 5.06. The summed E-state index contributed by atoms with van der Waals surface area (Å²) >= 11 is 1.30. The van der Waals surface area contributed by atoms with E-state index in [0.29, 0.717) is 24.6 Å². The number of anilines is 1. The lowest BCUT2D eigenvalue weighted by atomic mass is 10.2. The zero-order chi connectivity index (χ0) is 16.1. The van der Waals surface area contributed by atoms with Crippen LogP contribution in [0.4, 0.5) is 10.5 Å². The molecule has 1 saturated heterocycles. The van der Waals surface area contributed by atoms with Crippen molar-refractivity contribution in [3.63, 3.8) is 0 Å². The molecule has 0 bridgehead atoms. The number of benzene rings is 1. The van der Waals surface area contributed by atoms with Crippen LogP contribution in [0.15, 0.2) is 42.7 Å². The van der Waals surface area contributed by atoms with Crippen molar-refractivity contribution in [2.24, 2.45) is 0 Å². The molecule has 0 radical (unpaired) electrons. The summed E-state index contributed by atoms with van der Waals surface area (Å²) in [6.45, 7) is 1.16. The lowest BCUT2D eigenvalue weighted by molar-refractivity contribution is -0.116. The van der Waals surface area contributed by atoms with Crippen molar-refractivity contribution in [3.05, 3.63) is 42.7 Å². The van der Waals surface area contributed by atoms with E-state index in [-0.39, 0.29) is 17.6 Å². The molecule has 2 aromatic rings. The van der Waals surface area contributed by atoms with Gasteiger partial charge in [0.2, 0.25) is 5.91 Å². The van der Waals surface area contributed by atoms with E-state index < -0.39 is 0 Å². The Kier molecular flexibility index (Phi) is 4.87. The zero-order valence-corrected chi connectivity index (χ0v) is 13.3. The van der Waals surface area contributed by atoms with Gasteiger partial charge < -0.3 is 10.2 Å². The Labute approximate surface area is 138 Å². The van der Waals surface area contributed by atoms with E-state index in [1.54, 1.807) is 17.3 Å². The molecule has 1 aromatic heterocycles. The number of nitrogens with one attached hydrogen (secondary N) is 1. The SMILES string of the molecule is O=C(CCN1CCSC1=O)Nc1cnc(-c2ccccc2)nc1. The average Bonchev–Trinajstić information content (AvgIpc) is 3.00. The highest BCUT2D eigenvalue weighted by molar-refractivity contribution is 8.13. The number of amides is 2. The van der Waals surface area contributed by atoms with Crippen LogP contribution < -0.4 is 5.32 Å². The van der Waals surface area contributed by atoms with Gasteiger partial charge in [0, 0.05) is 30.8 Å². The Hall–Kier alpha value is -2.41. The van der Waals surface area contributed by atoms with Gasteiger partial charge in [-0.1, -0.05) is 42.1 Å². The Morgan fingerprint density at radius 1 is 1.22 bits per heavy atom. The molecule has 7 heteroatoms. The molecule has 1 aliphatic rings.